The lowest BCUT2D eigenvalue weighted by atomic mass is 9.99. The first-order valence-electron chi connectivity index (χ1n) is 13.3. The lowest BCUT2D eigenvalue weighted by molar-refractivity contribution is 0.418. The number of likely N-dealkylation sites (tertiary alicyclic amines) is 1. The molecule has 1 aromatic heterocycles. The smallest absolute Gasteiger partial charge is 0.131 e. The largest absolute Gasteiger partial charge is 0.343 e. The van der Waals surface area contributed by atoms with Crippen molar-refractivity contribution in [2.75, 3.05) is 27.2 Å². The molecule has 1 atom stereocenters. The van der Waals surface area contributed by atoms with Gasteiger partial charge in [-0.2, -0.15) is 5.26 Å². The maximum atomic E-state index is 10.1. The zero-order chi connectivity index (χ0) is 26.9. The average molecular weight is 523 g/mol. The van der Waals surface area contributed by atoms with Crippen molar-refractivity contribution in [2.45, 2.75) is 37.6 Å². The monoisotopic (exact) mass is 522 g/mol. The molecule has 5 heteroatoms. The molecule has 3 aromatic carbocycles. The van der Waals surface area contributed by atoms with Crippen LogP contribution in [-0.2, 0) is 6.54 Å². The Morgan fingerprint density at radius 3 is 2.08 bits per heavy atom. The van der Waals surface area contributed by atoms with E-state index in [1.54, 1.807) is 11.9 Å². The molecule has 0 saturated carbocycles. The van der Waals surface area contributed by atoms with Crippen LogP contribution in [-0.4, -0.2) is 41.0 Å². The molecule has 4 aromatic rings. The summed E-state index contributed by atoms with van der Waals surface area (Å²) in [6.45, 7) is 9.39. The van der Waals surface area contributed by atoms with Gasteiger partial charge in [-0.05, 0) is 81.3 Å². The Kier molecular flexibility index (Phi) is 9.84. The highest BCUT2D eigenvalue weighted by molar-refractivity contribution is 7.97. The number of hydrogen-bond donors (Lipinski definition) is 0. The fourth-order valence-corrected chi connectivity index (χ4v) is 6.10. The molecule has 5 rings (SSSR count). The molecule has 0 bridgehead atoms. The van der Waals surface area contributed by atoms with Gasteiger partial charge in [0.15, 0.2) is 0 Å². The lowest BCUT2D eigenvalue weighted by Gasteiger charge is -2.29. The number of hydrogen-bond acceptors (Lipinski definition) is 4. The number of aromatic nitrogens is 1. The van der Waals surface area contributed by atoms with Gasteiger partial charge in [-0.25, -0.2) is 4.31 Å². The van der Waals surface area contributed by atoms with Crippen molar-refractivity contribution in [3.63, 3.8) is 0 Å². The Labute approximate surface area is 232 Å². The molecule has 4 nitrogen and oxygen atoms in total. The minimum Gasteiger partial charge on any atom is -0.343 e. The number of benzene rings is 3. The van der Waals surface area contributed by atoms with E-state index in [-0.39, 0.29) is 11.3 Å². The normalized spacial score (nSPS) is 14.3. The van der Waals surface area contributed by atoms with Crippen LogP contribution in [0.15, 0.2) is 97.7 Å². The Bertz CT molecular complexity index is 1310. The van der Waals surface area contributed by atoms with E-state index < -0.39 is 0 Å². The van der Waals surface area contributed by atoms with E-state index in [4.69, 9.17) is 0 Å². The van der Waals surface area contributed by atoms with E-state index in [1.807, 2.05) is 18.2 Å². The van der Waals surface area contributed by atoms with Crippen LogP contribution in [0.5, 0.6) is 0 Å². The van der Waals surface area contributed by atoms with Crippen LogP contribution in [0.2, 0.25) is 0 Å². The van der Waals surface area contributed by atoms with Gasteiger partial charge in [-0.15, -0.1) is 6.58 Å². The van der Waals surface area contributed by atoms with Crippen molar-refractivity contribution >= 4 is 22.9 Å². The fourth-order valence-electron chi connectivity index (χ4n) is 5.09. The topological polar surface area (TPSA) is 35.2 Å². The lowest BCUT2D eigenvalue weighted by Crippen LogP contribution is -2.20. The summed E-state index contributed by atoms with van der Waals surface area (Å²) >= 11 is 1.58. The predicted octanol–water partition coefficient (Wildman–Crippen LogP) is 7.78. The minimum atomic E-state index is -0.304. The van der Waals surface area contributed by atoms with E-state index >= 15 is 0 Å². The maximum absolute atomic E-state index is 10.1. The van der Waals surface area contributed by atoms with Crippen LogP contribution in [0.3, 0.4) is 0 Å². The summed E-state index contributed by atoms with van der Waals surface area (Å²) in [5.74, 6) is 0. The number of allylic oxidation sites excluding steroid dienone is 1. The van der Waals surface area contributed by atoms with Crippen molar-refractivity contribution in [1.29, 1.82) is 5.26 Å². The van der Waals surface area contributed by atoms with Gasteiger partial charge in [0.25, 0.3) is 0 Å². The molecule has 0 radical (unpaired) electrons. The Morgan fingerprint density at radius 1 is 0.974 bits per heavy atom. The highest BCUT2D eigenvalue weighted by Gasteiger charge is 2.24. The van der Waals surface area contributed by atoms with Gasteiger partial charge in [-0.1, -0.05) is 84.8 Å². The summed E-state index contributed by atoms with van der Waals surface area (Å²) in [7, 11) is 4.25. The maximum Gasteiger partial charge on any atom is 0.131 e. The predicted molar refractivity (Wildman–Crippen MR) is 162 cm³/mol. The van der Waals surface area contributed by atoms with Crippen molar-refractivity contribution in [2.24, 2.45) is 0 Å². The molecule has 1 saturated heterocycles. The third-order valence-corrected chi connectivity index (χ3v) is 8.18. The standard InChI is InChI=1S/C28H27N3S.C5H11N/c1-4-17-31-20-21(2)25-18-24(15-16-26(25)31)27(19-29)32-30(3)28(22-11-7-5-8-12-22)23-13-9-6-10-14-23;1-6-4-2-3-5-6/h4-16,18,20,27-28H,1,17H2,2-3H3;2-5H2,1H3. The molecule has 2 heterocycles. The molecule has 1 unspecified atom stereocenters. The SMILES string of the molecule is C=CCn1cc(C)c2cc(C(C#N)SN(C)C(c3ccccc3)c3ccccc3)ccc21.CN1CCCC1. The fraction of sp³-hybridized carbons (Fsp3) is 0.303. The summed E-state index contributed by atoms with van der Waals surface area (Å²) in [4.78, 5) is 2.36. The van der Waals surface area contributed by atoms with E-state index in [0.29, 0.717) is 0 Å². The van der Waals surface area contributed by atoms with Crippen LogP contribution in [0.1, 0.15) is 46.4 Å². The second-order valence-electron chi connectivity index (χ2n) is 9.92. The molecular formula is C33H38N4S. The van der Waals surface area contributed by atoms with Gasteiger partial charge in [0.2, 0.25) is 0 Å². The van der Waals surface area contributed by atoms with Gasteiger partial charge in [0.05, 0.1) is 12.1 Å². The van der Waals surface area contributed by atoms with E-state index in [1.165, 1.54) is 53.5 Å². The van der Waals surface area contributed by atoms with Gasteiger partial charge >= 0.3 is 0 Å². The van der Waals surface area contributed by atoms with Crippen LogP contribution in [0.25, 0.3) is 10.9 Å². The van der Waals surface area contributed by atoms with Gasteiger partial charge < -0.3 is 9.47 Å². The van der Waals surface area contributed by atoms with Crippen LogP contribution in [0.4, 0.5) is 0 Å². The Balaban J connectivity index is 0.000000494. The molecule has 1 fully saturated rings. The second kappa shape index (κ2) is 13.5. The Hall–Kier alpha value is -3.30. The van der Waals surface area contributed by atoms with E-state index in [2.05, 4.69) is 120 Å². The molecule has 1 aliphatic heterocycles. The minimum absolute atomic E-state index is 0.0531. The van der Waals surface area contributed by atoms with Gasteiger partial charge in [0.1, 0.15) is 5.25 Å². The second-order valence-corrected chi connectivity index (χ2v) is 11.2. The van der Waals surface area contributed by atoms with E-state index in [0.717, 1.165) is 12.1 Å². The third-order valence-electron chi connectivity index (χ3n) is 7.05. The number of fused-ring (bicyclic) bond motifs is 1. The molecule has 196 valence electrons. The molecule has 0 N–H and O–H groups in total. The zero-order valence-electron chi connectivity index (χ0n) is 22.8. The van der Waals surface area contributed by atoms with Crippen molar-refractivity contribution in [1.82, 2.24) is 13.8 Å². The first-order valence-corrected chi connectivity index (χ1v) is 14.1. The number of rotatable bonds is 8. The molecular weight excluding hydrogens is 484 g/mol. The van der Waals surface area contributed by atoms with Crippen LogP contribution in [0, 0.1) is 18.3 Å². The third kappa shape index (κ3) is 6.76. The summed E-state index contributed by atoms with van der Waals surface area (Å²) in [6, 6.07) is 29.9. The number of nitrogens with zero attached hydrogens (tertiary/aromatic N) is 4. The number of nitriles is 1. The molecule has 0 amide bonds. The van der Waals surface area contributed by atoms with Crippen molar-refractivity contribution < 1.29 is 0 Å². The quantitative estimate of drug-likeness (QED) is 0.175. The summed E-state index contributed by atoms with van der Waals surface area (Å²) in [6.07, 6.45) is 6.88. The molecule has 0 aliphatic carbocycles. The van der Waals surface area contributed by atoms with Crippen LogP contribution >= 0.6 is 11.9 Å². The molecule has 1 aliphatic rings. The van der Waals surface area contributed by atoms with Crippen molar-refractivity contribution in [3.8, 4) is 6.07 Å². The first kappa shape index (κ1) is 27.7. The summed E-state index contributed by atoms with van der Waals surface area (Å²) in [5, 5.41) is 11.0. The van der Waals surface area contributed by atoms with Gasteiger partial charge in [-0.3, -0.25) is 0 Å². The van der Waals surface area contributed by atoms with Gasteiger partial charge in [0, 0.05) is 23.6 Å². The van der Waals surface area contributed by atoms with E-state index in [9.17, 15) is 5.26 Å². The average Bonchev–Trinajstić information content (AvgIpc) is 3.55. The van der Waals surface area contributed by atoms with Crippen LogP contribution < -0.4 is 0 Å². The zero-order valence-corrected chi connectivity index (χ0v) is 23.6. The molecule has 38 heavy (non-hydrogen) atoms. The highest BCUT2D eigenvalue weighted by Crippen LogP contribution is 2.39. The number of aryl methyl sites for hydroxylation is 1. The highest BCUT2D eigenvalue weighted by atomic mass is 32.2. The molecule has 0 spiro atoms. The van der Waals surface area contributed by atoms with Crippen molar-refractivity contribution in [3.05, 3.63) is 120 Å². The summed E-state index contributed by atoms with van der Waals surface area (Å²) in [5.41, 5.74) is 5.82. The summed E-state index contributed by atoms with van der Waals surface area (Å²) < 4.78 is 4.40. The first-order chi connectivity index (χ1) is 18.5. The Morgan fingerprint density at radius 2 is 1.58 bits per heavy atom.